The highest BCUT2D eigenvalue weighted by atomic mass is 15.0. The van der Waals surface area contributed by atoms with Gasteiger partial charge < -0.3 is 4.57 Å². The monoisotopic (exact) mass is 236 g/mol. The van der Waals surface area contributed by atoms with Gasteiger partial charge in [0.25, 0.3) is 0 Å². The van der Waals surface area contributed by atoms with Crippen LogP contribution in [0, 0.1) is 0 Å². The van der Waals surface area contributed by atoms with E-state index in [1.165, 1.54) is 5.56 Å². The van der Waals surface area contributed by atoms with Gasteiger partial charge in [-0.15, -0.1) is 0 Å². The fourth-order valence-corrected chi connectivity index (χ4v) is 1.76. The van der Waals surface area contributed by atoms with Crippen molar-refractivity contribution in [3.63, 3.8) is 0 Å². The van der Waals surface area contributed by atoms with E-state index in [0.717, 1.165) is 17.8 Å². The zero-order chi connectivity index (χ0) is 12.8. The van der Waals surface area contributed by atoms with Crippen molar-refractivity contribution in [1.29, 1.82) is 0 Å². The fraction of sp³-hybridized carbons (Fsp3) is 0.0625. The van der Waals surface area contributed by atoms with Crippen LogP contribution in [0.3, 0.4) is 0 Å². The first kappa shape index (κ1) is 12.1. The predicted molar refractivity (Wildman–Crippen MR) is 76.1 cm³/mol. The van der Waals surface area contributed by atoms with E-state index in [0.29, 0.717) is 0 Å². The van der Waals surface area contributed by atoms with Crippen molar-refractivity contribution >= 4 is 5.57 Å². The van der Waals surface area contributed by atoms with Gasteiger partial charge in [-0.2, -0.15) is 0 Å². The molecule has 0 amide bonds. The van der Waals surface area contributed by atoms with Crippen LogP contribution < -0.4 is 0 Å². The van der Waals surface area contributed by atoms with Crippen LogP contribution in [0.15, 0.2) is 74.2 Å². The van der Waals surface area contributed by atoms with E-state index in [-0.39, 0.29) is 0 Å². The molecular weight excluding hydrogens is 220 g/mol. The molecule has 0 saturated carbocycles. The summed E-state index contributed by atoms with van der Waals surface area (Å²) >= 11 is 0. The lowest BCUT2D eigenvalue weighted by molar-refractivity contribution is 0.787. The Bertz CT molecular complexity index is 562. The maximum Gasteiger partial charge on any atom is 0.0954 e. The summed E-state index contributed by atoms with van der Waals surface area (Å²) < 4.78 is 2.09. The van der Waals surface area contributed by atoms with Crippen molar-refractivity contribution in [1.82, 2.24) is 9.55 Å². The van der Waals surface area contributed by atoms with Crippen LogP contribution in [0.25, 0.3) is 5.57 Å². The second-order valence-electron chi connectivity index (χ2n) is 4.01. The second-order valence-corrected chi connectivity index (χ2v) is 4.01. The Hall–Kier alpha value is -2.35. The Kier molecular flexibility index (Phi) is 3.92. The minimum atomic E-state index is 0.803. The average molecular weight is 236 g/mol. The molecular formula is C16H16N2. The van der Waals surface area contributed by atoms with Crippen LogP contribution in [0.5, 0.6) is 0 Å². The van der Waals surface area contributed by atoms with Gasteiger partial charge in [-0.3, -0.25) is 0 Å². The largest absolute Gasteiger partial charge is 0.326 e. The Balaban J connectivity index is 2.20. The highest BCUT2D eigenvalue weighted by Crippen LogP contribution is 2.15. The van der Waals surface area contributed by atoms with Gasteiger partial charge in [0.05, 0.1) is 18.2 Å². The first-order chi connectivity index (χ1) is 8.81. The molecule has 0 radical (unpaired) electrons. The Morgan fingerprint density at radius 1 is 1.28 bits per heavy atom. The second kappa shape index (κ2) is 5.82. The van der Waals surface area contributed by atoms with Crippen LogP contribution in [-0.4, -0.2) is 9.55 Å². The van der Waals surface area contributed by atoms with Gasteiger partial charge in [-0.25, -0.2) is 4.98 Å². The smallest absolute Gasteiger partial charge is 0.0954 e. The topological polar surface area (TPSA) is 17.8 Å². The highest BCUT2D eigenvalue weighted by molar-refractivity contribution is 5.69. The number of allylic oxidation sites excluding steroid dienone is 4. The molecule has 2 nitrogen and oxygen atoms in total. The van der Waals surface area contributed by atoms with Crippen molar-refractivity contribution in [2.24, 2.45) is 0 Å². The maximum absolute atomic E-state index is 4.19. The summed E-state index contributed by atoms with van der Waals surface area (Å²) in [6.45, 7) is 8.50. The van der Waals surface area contributed by atoms with Crippen LogP contribution in [0.2, 0.25) is 0 Å². The summed E-state index contributed by atoms with van der Waals surface area (Å²) in [5.41, 5.74) is 3.21. The predicted octanol–water partition coefficient (Wildman–Crippen LogP) is 3.69. The molecule has 1 aromatic heterocycles. The molecule has 0 saturated heterocycles. The molecule has 0 atom stereocenters. The number of hydrogen-bond donors (Lipinski definition) is 0. The lowest BCUT2D eigenvalue weighted by Crippen LogP contribution is -2.01. The van der Waals surface area contributed by atoms with E-state index in [9.17, 15) is 0 Å². The molecule has 0 unspecified atom stereocenters. The molecule has 0 fully saturated rings. The molecule has 2 aromatic rings. The normalized spacial score (nSPS) is 10.7. The zero-order valence-corrected chi connectivity index (χ0v) is 10.3. The van der Waals surface area contributed by atoms with Crippen LogP contribution in [0.1, 0.15) is 11.3 Å². The summed E-state index contributed by atoms with van der Waals surface area (Å²) in [6, 6.07) is 10.3. The minimum absolute atomic E-state index is 0.803. The molecule has 0 N–H and O–H groups in total. The van der Waals surface area contributed by atoms with Gasteiger partial charge in [0.1, 0.15) is 0 Å². The SMILES string of the molecule is C=C/C=C\C(=C)c1cncn1Cc1ccccc1. The van der Waals surface area contributed by atoms with Gasteiger partial charge in [-0.1, -0.05) is 61.7 Å². The number of benzene rings is 1. The van der Waals surface area contributed by atoms with E-state index >= 15 is 0 Å². The van der Waals surface area contributed by atoms with E-state index in [2.05, 4.69) is 34.8 Å². The maximum atomic E-state index is 4.19. The Labute approximate surface area is 108 Å². The molecule has 0 bridgehead atoms. The fourth-order valence-electron chi connectivity index (χ4n) is 1.76. The van der Waals surface area contributed by atoms with Crippen molar-refractivity contribution in [2.75, 3.05) is 0 Å². The standard InChI is InChI=1S/C16H16N2/c1-3-4-8-14(2)16-11-17-13-18(16)12-15-9-6-5-7-10-15/h3-11,13H,1-2,12H2/b8-4-. The first-order valence-corrected chi connectivity index (χ1v) is 5.83. The van der Waals surface area contributed by atoms with Gasteiger partial charge >= 0.3 is 0 Å². The third-order valence-electron chi connectivity index (χ3n) is 2.67. The lowest BCUT2D eigenvalue weighted by Gasteiger charge is -2.08. The van der Waals surface area contributed by atoms with Crippen molar-refractivity contribution in [3.8, 4) is 0 Å². The van der Waals surface area contributed by atoms with Crippen LogP contribution in [-0.2, 0) is 6.54 Å². The number of imidazole rings is 1. The summed E-state index contributed by atoms with van der Waals surface area (Å²) in [4.78, 5) is 4.19. The Morgan fingerprint density at radius 2 is 2.06 bits per heavy atom. The number of hydrogen-bond acceptors (Lipinski definition) is 1. The molecule has 0 aliphatic rings. The summed E-state index contributed by atoms with van der Waals surface area (Å²) in [7, 11) is 0. The van der Waals surface area contributed by atoms with Gasteiger partial charge in [0.2, 0.25) is 0 Å². The van der Waals surface area contributed by atoms with Crippen LogP contribution in [0.4, 0.5) is 0 Å². The number of rotatable bonds is 5. The number of aromatic nitrogens is 2. The molecule has 1 aromatic carbocycles. The van der Waals surface area contributed by atoms with E-state index < -0.39 is 0 Å². The average Bonchev–Trinajstić information content (AvgIpc) is 2.85. The van der Waals surface area contributed by atoms with Gasteiger partial charge in [0.15, 0.2) is 0 Å². The molecule has 1 heterocycles. The quantitative estimate of drug-likeness (QED) is 0.724. The van der Waals surface area contributed by atoms with E-state index in [4.69, 9.17) is 0 Å². The van der Waals surface area contributed by atoms with Gasteiger partial charge in [-0.05, 0) is 11.1 Å². The minimum Gasteiger partial charge on any atom is -0.326 e. The zero-order valence-electron chi connectivity index (χ0n) is 10.3. The highest BCUT2D eigenvalue weighted by Gasteiger charge is 2.04. The van der Waals surface area contributed by atoms with Crippen molar-refractivity contribution in [3.05, 3.63) is 85.5 Å². The molecule has 0 spiro atoms. The summed E-state index contributed by atoms with van der Waals surface area (Å²) in [5.74, 6) is 0. The molecule has 0 aliphatic heterocycles. The van der Waals surface area contributed by atoms with E-state index in [1.807, 2.05) is 42.9 Å². The van der Waals surface area contributed by atoms with Gasteiger partial charge in [0, 0.05) is 6.54 Å². The third-order valence-corrected chi connectivity index (χ3v) is 2.67. The van der Waals surface area contributed by atoms with E-state index in [1.54, 1.807) is 6.08 Å². The summed E-state index contributed by atoms with van der Waals surface area (Å²) in [6.07, 6.45) is 9.21. The molecule has 18 heavy (non-hydrogen) atoms. The molecule has 0 aliphatic carbocycles. The molecule has 2 heteroatoms. The lowest BCUT2D eigenvalue weighted by atomic mass is 10.2. The van der Waals surface area contributed by atoms with Crippen molar-refractivity contribution < 1.29 is 0 Å². The van der Waals surface area contributed by atoms with Crippen LogP contribution >= 0.6 is 0 Å². The molecule has 2 rings (SSSR count). The third kappa shape index (κ3) is 2.86. The number of nitrogens with zero attached hydrogens (tertiary/aromatic N) is 2. The Morgan fingerprint density at radius 3 is 2.78 bits per heavy atom. The summed E-state index contributed by atoms with van der Waals surface area (Å²) in [5, 5.41) is 0. The molecule has 90 valence electrons. The first-order valence-electron chi connectivity index (χ1n) is 5.83. The van der Waals surface area contributed by atoms with Crippen molar-refractivity contribution in [2.45, 2.75) is 6.54 Å².